The van der Waals surface area contributed by atoms with Crippen molar-refractivity contribution in [2.24, 2.45) is 0 Å². The molecule has 5 nitrogen and oxygen atoms in total. The highest BCUT2D eigenvalue weighted by Crippen LogP contribution is 2.25. The Morgan fingerprint density at radius 1 is 1.36 bits per heavy atom. The summed E-state index contributed by atoms with van der Waals surface area (Å²) >= 11 is 1.61. The summed E-state index contributed by atoms with van der Waals surface area (Å²) in [5.41, 5.74) is 1.04. The third kappa shape index (κ3) is 3.28. The molecule has 0 amide bonds. The fraction of sp³-hybridized carbons (Fsp3) is 0.375. The zero-order valence-corrected chi connectivity index (χ0v) is 13.8. The Morgan fingerprint density at radius 3 is 2.91 bits per heavy atom. The van der Waals surface area contributed by atoms with E-state index in [1.165, 1.54) is 0 Å². The van der Waals surface area contributed by atoms with E-state index in [1.54, 1.807) is 17.5 Å². The molecule has 116 valence electrons. The summed E-state index contributed by atoms with van der Waals surface area (Å²) in [5.74, 6) is 1.75. The van der Waals surface area contributed by atoms with Crippen molar-refractivity contribution in [1.29, 1.82) is 0 Å². The molecule has 2 unspecified atom stereocenters. The van der Waals surface area contributed by atoms with Gasteiger partial charge >= 0.3 is 0 Å². The molecule has 3 rings (SSSR count). The molecule has 0 radical (unpaired) electrons. The van der Waals surface area contributed by atoms with Crippen molar-refractivity contribution < 1.29 is 4.42 Å². The van der Waals surface area contributed by atoms with Gasteiger partial charge in [-0.1, -0.05) is 0 Å². The quantitative estimate of drug-likeness (QED) is 0.754. The van der Waals surface area contributed by atoms with E-state index in [0.29, 0.717) is 12.1 Å². The fourth-order valence-corrected chi connectivity index (χ4v) is 3.02. The number of aryl methyl sites for hydroxylation is 1. The average Bonchev–Trinajstić information content (AvgIpc) is 3.24. The molecule has 0 saturated heterocycles. The standard InChI is InChI=1S/C16H20N4OS/c1-11-5-6-15(21-11)16-19-14(10-22-16)9-17-12(2)13(3)20-8-4-7-18-20/h4-8,10,12-13,17H,9H2,1-3H3. The summed E-state index contributed by atoms with van der Waals surface area (Å²) in [7, 11) is 0. The first-order chi connectivity index (χ1) is 10.6. The van der Waals surface area contributed by atoms with Gasteiger partial charge in [0.05, 0.1) is 11.7 Å². The Morgan fingerprint density at radius 2 is 2.23 bits per heavy atom. The molecule has 3 aromatic heterocycles. The second kappa shape index (κ2) is 6.46. The lowest BCUT2D eigenvalue weighted by atomic mass is 10.2. The molecule has 1 N–H and O–H groups in total. The van der Waals surface area contributed by atoms with Gasteiger partial charge in [-0.3, -0.25) is 4.68 Å². The summed E-state index contributed by atoms with van der Waals surface area (Å²) in [6, 6.07) is 6.47. The van der Waals surface area contributed by atoms with E-state index in [-0.39, 0.29) is 0 Å². The van der Waals surface area contributed by atoms with E-state index in [2.05, 4.69) is 34.6 Å². The van der Waals surface area contributed by atoms with Gasteiger partial charge in [0.25, 0.3) is 0 Å². The lowest BCUT2D eigenvalue weighted by molar-refractivity contribution is 0.364. The predicted molar refractivity (Wildman–Crippen MR) is 87.8 cm³/mol. The maximum absolute atomic E-state index is 5.61. The van der Waals surface area contributed by atoms with Crippen molar-refractivity contribution in [3.05, 3.63) is 47.4 Å². The number of aromatic nitrogens is 3. The molecule has 0 aliphatic heterocycles. The van der Waals surface area contributed by atoms with Crippen LogP contribution in [0.1, 0.15) is 31.3 Å². The normalized spacial score (nSPS) is 14.1. The molecular formula is C16H20N4OS. The van der Waals surface area contributed by atoms with Crippen LogP contribution in [0.4, 0.5) is 0 Å². The highest BCUT2D eigenvalue weighted by Gasteiger charge is 2.14. The van der Waals surface area contributed by atoms with Crippen LogP contribution in [-0.2, 0) is 6.54 Å². The minimum absolute atomic E-state index is 0.292. The fourth-order valence-electron chi connectivity index (χ4n) is 2.24. The van der Waals surface area contributed by atoms with Crippen molar-refractivity contribution in [3.8, 4) is 10.8 Å². The van der Waals surface area contributed by atoms with Gasteiger partial charge in [-0.05, 0) is 39.0 Å². The van der Waals surface area contributed by atoms with Crippen LogP contribution in [0.5, 0.6) is 0 Å². The van der Waals surface area contributed by atoms with Crippen LogP contribution in [-0.4, -0.2) is 20.8 Å². The van der Waals surface area contributed by atoms with Crippen LogP contribution in [0.2, 0.25) is 0 Å². The van der Waals surface area contributed by atoms with Crippen molar-refractivity contribution in [1.82, 2.24) is 20.1 Å². The number of furan rings is 1. The monoisotopic (exact) mass is 316 g/mol. The first-order valence-corrected chi connectivity index (χ1v) is 8.25. The van der Waals surface area contributed by atoms with Crippen molar-refractivity contribution >= 4 is 11.3 Å². The van der Waals surface area contributed by atoms with Crippen LogP contribution in [0, 0.1) is 6.92 Å². The molecule has 0 spiro atoms. The Labute approximate surface area is 134 Å². The number of thiazole rings is 1. The van der Waals surface area contributed by atoms with E-state index in [1.807, 2.05) is 36.0 Å². The first kappa shape index (κ1) is 15.0. The van der Waals surface area contributed by atoms with E-state index >= 15 is 0 Å². The minimum Gasteiger partial charge on any atom is -0.459 e. The Hall–Kier alpha value is -1.92. The molecule has 6 heteroatoms. The van der Waals surface area contributed by atoms with Gasteiger partial charge < -0.3 is 9.73 Å². The van der Waals surface area contributed by atoms with Gasteiger partial charge in [0.2, 0.25) is 0 Å². The molecule has 2 atom stereocenters. The molecule has 3 heterocycles. The zero-order chi connectivity index (χ0) is 15.5. The summed E-state index contributed by atoms with van der Waals surface area (Å²) in [6.07, 6.45) is 3.80. The number of nitrogens with one attached hydrogen (secondary N) is 1. The number of rotatable bonds is 6. The third-order valence-electron chi connectivity index (χ3n) is 3.77. The van der Waals surface area contributed by atoms with Crippen LogP contribution in [0.15, 0.2) is 40.4 Å². The van der Waals surface area contributed by atoms with Crippen molar-refractivity contribution in [3.63, 3.8) is 0 Å². The van der Waals surface area contributed by atoms with Crippen molar-refractivity contribution in [2.75, 3.05) is 0 Å². The number of hydrogen-bond donors (Lipinski definition) is 1. The smallest absolute Gasteiger partial charge is 0.162 e. The lowest BCUT2D eigenvalue weighted by Gasteiger charge is -2.21. The highest BCUT2D eigenvalue weighted by atomic mass is 32.1. The SMILES string of the molecule is Cc1ccc(-c2nc(CNC(C)C(C)n3cccn3)cs2)o1. The van der Waals surface area contributed by atoms with Gasteiger partial charge in [0.15, 0.2) is 10.8 Å². The molecule has 0 fully saturated rings. The van der Waals surface area contributed by atoms with Gasteiger partial charge in [0, 0.05) is 30.4 Å². The van der Waals surface area contributed by atoms with Crippen LogP contribution >= 0.6 is 11.3 Å². The summed E-state index contributed by atoms with van der Waals surface area (Å²) in [5, 5.41) is 10.8. The molecule has 0 saturated carbocycles. The largest absolute Gasteiger partial charge is 0.459 e. The van der Waals surface area contributed by atoms with Gasteiger partial charge in [-0.25, -0.2) is 4.98 Å². The predicted octanol–water partition coefficient (Wildman–Crippen LogP) is 3.65. The summed E-state index contributed by atoms with van der Waals surface area (Å²) in [4.78, 5) is 4.63. The van der Waals surface area contributed by atoms with Gasteiger partial charge in [-0.15, -0.1) is 11.3 Å². The van der Waals surface area contributed by atoms with Crippen LogP contribution < -0.4 is 5.32 Å². The number of hydrogen-bond acceptors (Lipinski definition) is 5. The van der Waals surface area contributed by atoms with Gasteiger partial charge in [-0.2, -0.15) is 5.10 Å². The van der Waals surface area contributed by atoms with E-state index < -0.39 is 0 Å². The summed E-state index contributed by atoms with van der Waals surface area (Å²) in [6.45, 7) is 7.00. The van der Waals surface area contributed by atoms with E-state index in [0.717, 1.165) is 28.8 Å². The molecule has 0 aliphatic carbocycles. The maximum atomic E-state index is 5.61. The maximum Gasteiger partial charge on any atom is 0.162 e. The third-order valence-corrected chi connectivity index (χ3v) is 4.68. The molecule has 0 aliphatic rings. The van der Waals surface area contributed by atoms with E-state index in [9.17, 15) is 0 Å². The Balaban J connectivity index is 1.59. The Bertz CT molecular complexity index is 716. The first-order valence-electron chi connectivity index (χ1n) is 7.37. The second-order valence-corrected chi connectivity index (χ2v) is 6.31. The molecule has 0 bridgehead atoms. The Kier molecular flexibility index (Phi) is 4.40. The van der Waals surface area contributed by atoms with Crippen LogP contribution in [0.3, 0.4) is 0 Å². The number of nitrogens with zero attached hydrogens (tertiary/aromatic N) is 3. The lowest BCUT2D eigenvalue weighted by Crippen LogP contribution is -2.33. The molecule has 22 heavy (non-hydrogen) atoms. The zero-order valence-electron chi connectivity index (χ0n) is 13.0. The van der Waals surface area contributed by atoms with Crippen LogP contribution in [0.25, 0.3) is 10.8 Å². The van der Waals surface area contributed by atoms with E-state index in [4.69, 9.17) is 4.42 Å². The van der Waals surface area contributed by atoms with Crippen molar-refractivity contribution in [2.45, 2.75) is 39.4 Å². The highest BCUT2D eigenvalue weighted by molar-refractivity contribution is 7.13. The summed E-state index contributed by atoms with van der Waals surface area (Å²) < 4.78 is 7.58. The molecule has 0 aromatic carbocycles. The average molecular weight is 316 g/mol. The minimum atomic E-state index is 0.292. The molecular weight excluding hydrogens is 296 g/mol. The molecule has 3 aromatic rings. The topological polar surface area (TPSA) is 55.9 Å². The van der Waals surface area contributed by atoms with Gasteiger partial charge in [0.1, 0.15) is 5.76 Å². The second-order valence-electron chi connectivity index (χ2n) is 5.45.